The first-order valence-corrected chi connectivity index (χ1v) is 20.0. The molecule has 7 N–H and O–H groups in total. The summed E-state index contributed by atoms with van der Waals surface area (Å²) in [4.78, 5) is 105. The van der Waals surface area contributed by atoms with Crippen molar-refractivity contribution in [2.75, 3.05) is 27.5 Å². The Morgan fingerprint density at radius 3 is 2.22 bits per heavy atom. The van der Waals surface area contributed by atoms with Crippen LogP contribution in [0.5, 0.6) is 11.5 Å². The number of rotatable bonds is 24. The number of ether oxygens (including phenoxy) is 1. The van der Waals surface area contributed by atoms with Crippen LogP contribution in [0.15, 0.2) is 52.9 Å². The molecule has 0 saturated carbocycles. The molecule has 3 aromatic rings. The predicted molar refractivity (Wildman–Crippen MR) is 219 cm³/mol. The van der Waals surface area contributed by atoms with Crippen molar-refractivity contribution in [2.45, 2.75) is 78.3 Å². The minimum Gasteiger partial charge on any atom is -0.493 e. The van der Waals surface area contributed by atoms with Crippen molar-refractivity contribution in [1.82, 2.24) is 21.0 Å². The number of furan rings is 1. The number of hydrogen-bond acceptors (Lipinski definition) is 14. The van der Waals surface area contributed by atoms with Gasteiger partial charge in [0.15, 0.2) is 12.0 Å². The van der Waals surface area contributed by atoms with Crippen LogP contribution in [-0.4, -0.2) is 107 Å². The van der Waals surface area contributed by atoms with Crippen molar-refractivity contribution >= 4 is 51.3 Å². The van der Waals surface area contributed by atoms with Crippen molar-refractivity contribution in [3.63, 3.8) is 0 Å². The topological polar surface area (TPSA) is 281 Å². The number of carboxylic acids is 1. The lowest BCUT2D eigenvalue weighted by atomic mass is 9.90. The minimum atomic E-state index is -2.47. The van der Waals surface area contributed by atoms with E-state index in [1.165, 1.54) is 31.4 Å². The van der Waals surface area contributed by atoms with Gasteiger partial charge in [-0.25, -0.2) is 9.86 Å². The third-order valence-electron chi connectivity index (χ3n) is 8.65. The Kier molecular flexibility index (Phi) is 25.0. The van der Waals surface area contributed by atoms with Gasteiger partial charge < -0.3 is 54.4 Å². The van der Waals surface area contributed by atoms with E-state index in [1.807, 2.05) is 6.92 Å². The first-order valence-electron chi connectivity index (χ1n) is 18.8. The fourth-order valence-corrected chi connectivity index (χ4v) is 6.06. The van der Waals surface area contributed by atoms with E-state index in [4.69, 9.17) is 28.9 Å². The quantitative estimate of drug-likeness (QED) is 0.0221. The third kappa shape index (κ3) is 16.5. The summed E-state index contributed by atoms with van der Waals surface area (Å²) in [5.41, 5.74) is 1.61. The van der Waals surface area contributed by atoms with Gasteiger partial charge in [-0.3, -0.25) is 28.8 Å². The lowest BCUT2D eigenvalue weighted by molar-refractivity contribution is -0.182. The highest BCUT2D eigenvalue weighted by molar-refractivity contribution is 7.39. The molecule has 0 aliphatic rings. The maximum atomic E-state index is 13.1. The second-order valence-corrected chi connectivity index (χ2v) is 13.2. The van der Waals surface area contributed by atoms with E-state index in [0.717, 1.165) is 37.0 Å². The lowest BCUT2D eigenvalue weighted by Gasteiger charge is -2.31. The van der Waals surface area contributed by atoms with Gasteiger partial charge in [-0.2, -0.15) is 0 Å². The molecule has 0 saturated heterocycles. The number of aliphatic carboxylic acids is 1. The normalized spacial score (nSPS) is 11.8. The predicted octanol–water partition coefficient (Wildman–Crippen LogP) is 3.92. The molecule has 0 spiro atoms. The number of aryl methyl sites for hydroxylation is 1. The van der Waals surface area contributed by atoms with Gasteiger partial charge in [-0.05, 0) is 62.6 Å². The van der Waals surface area contributed by atoms with E-state index in [0.29, 0.717) is 43.0 Å². The van der Waals surface area contributed by atoms with E-state index < -0.39 is 50.8 Å². The number of nitrogens with one attached hydrogen (secondary N) is 3. The number of carboxylic acid groups (broad SMARTS) is 1. The van der Waals surface area contributed by atoms with E-state index >= 15 is 0 Å². The number of hydrogen-bond donors (Lipinski definition) is 7. The zero-order valence-corrected chi connectivity index (χ0v) is 35.3. The molecule has 0 aliphatic heterocycles. The zero-order valence-electron chi connectivity index (χ0n) is 34.4. The highest BCUT2D eigenvalue weighted by Crippen LogP contribution is 2.32. The average Bonchev–Trinajstić information content (AvgIpc) is 3.73. The van der Waals surface area contributed by atoms with Gasteiger partial charge >= 0.3 is 14.6 Å². The maximum Gasteiger partial charge on any atom is 0.391 e. The van der Waals surface area contributed by atoms with Crippen molar-refractivity contribution in [2.24, 2.45) is 5.92 Å². The van der Waals surface area contributed by atoms with Crippen LogP contribution in [0.2, 0.25) is 0 Å². The molecule has 0 radical (unpaired) electrons. The van der Waals surface area contributed by atoms with Crippen LogP contribution in [0.25, 0.3) is 11.3 Å². The van der Waals surface area contributed by atoms with Crippen molar-refractivity contribution < 1.29 is 72.1 Å². The van der Waals surface area contributed by atoms with Crippen LogP contribution in [0.3, 0.4) is 0 Å². The van der Waals surface area contributed by atoms with Crippen LogP contribution >= 0.6 is 8.60 Å². The molecule has 2 aromatic carbocycles. The Hall–Kier alpha value is -5.72. The van der Waals surface area contributed by atoms with Gasteiger partial charge in [-0.1, -0.05) is 51.3 Å². The molecule has 1 heterocycles. The second-order valence-electron chi connectivity index (χ2n) is 12.5. The van der Waals surface area contributed by atoms with Gasteiger partial charge in [-0.15, -0.1) is 0 Å². The molecule has 60 heavy (non-hydrogen) atoms. The van der Waals surface area contributed by atoms with Crippen molar-refractivity contribution in [3.05, 3.63) is 71.0 Å². The summed E-state index contributed by atoms with van der Waals surface area (Å²) in [6.45, 7) is 7.39. The summed E-state index contributed by atoms with van der Waals surface area (Å²) in [5, 5.41) is 25.0. The molecule has 4 amide bonds. The molecule has 330 valence electrons. The van der Waals surface area contributed by atoms with E-state index in [2.05, 4.69) is 27.4 Å². The first-order chi connectivity index (χ1) is 28.8. The van der Waals surface area contributed by atoms with E-state index in [1.54, 1.807) is 38.1 Å². The van der Waals surface area contributed by atoms with Crippen molar-refractivity contribution in [1.29, 1.82) is 0 Å². The maximum absolute atomic E-state index is 13.1. The van der Waals surface area contributed by atoms with Crippen LogP contribution in [-0.2, 0) is 24.0 Å². The summed E-state index contributed by atoms with van der Waals surface area (Å²) in [5.74, 6) is -2.93. The molecule has 3 unspecified atom stereocenters. The minimum absolute atomic E-state index is 0.0327. The molecule has 20 heteroatoms. The molecular formula is C40H55N4O15P. The van der Waals surface area contributed by atoms with Crippen LogP contribution < -0.4 is 25.2 Å². The Morgan fingerprint density at radius 2 is 1.65 bits per heavy atom. The van der Waals surface area contributed by atoms with Gasteiger partial charge in [0, 0.05) is 19.1 Å². The summed E-state index contributed by atoms with van der Waals surface area (Å²) in [6, 6.07) is 10.5. The lowest BCUT2D eigenvalue weighted by Crippen LogP contribution is -2.48. The van der Waals surface area contributed by atoms with E-state index in [9.17, 15) is 38.7 Å². The van der Waals surface area contributed by atoms with Crippen molar-refractivity contribution in [3.8, 4) is 22.8 Å². The summed E-state index contributed by atoms with van der Waals surface area (Å²) < 4.78 is 16.0. The highest BCUT2D eigenvalue weighted by atomic mass is 31.2. The van der Waals surface area contributed by atoms with Crippen LogP contribution in [0.4, 0.5) is 0 Å². The fourth-order valence-electron chi connectivity index (χ4n) is 5.72. The van der Waals surface area contributed by atoms with Gasteiger partial charge in [0.25, 0.3) is 11.8 Å². The molecule has 19 nitrogen and oxygen atoms in total. The molecule has 0 bridgehead atoms. The number of aliphatic hydroxyl groups is 1. The van der Waals surface area contributed by atoms with Crippen LogP contribution in [0, 0.1) is 12.8 Å². The average molecular weight is 863 g/mol. The second kappa shape index (κ2) is 28.7. The highest BCUT2D eigenvalue weighted by Gasteiger charge is 2.31. The van der Waals surface area contributed by atoms with Gasteiger partial charge in [0.05, 0.1) is 43.5 Å². The third-order valence-corrected chi connectivity index (χ3v) is 9.01. The number of carbonyl (C=O) groups is 7. The first kappa shape index (κ1) is 52.3. The standard InChI is InChI=1S/C31H42N4O10.C8H9O4P.CH4O/c1-5-8-9-10-21(24(6-2)35(19-37)43-4)28(38)32-18-33-30(40)26-14-13-25(45-26)20-11-12-22(27(17-20)44-7-3)29(39)34-23(15-16-36)31(41)42;1-6-3-2-4-8(7(6)5-9)12-13(10)11;1-2/h11-14,16-17,19,21,23-24H,5-10,15,18H2,1-4H3,(H,32,38)(H,33,40)(H,34,39)(H,41,42);2-5,10-11H,1H3;2H,1H3. The molecule has 1 aromatic heterocycles. The smallest absolute Gasteiger partial charge is 0.391 e. The largest absolute Gasteiger partial charge is 0.493 e. The number of aliphatic hydroxyl groups excluding tert-OH is 1. The number of aldehydes is 2. The SMILES string of the molecule is CCCCCC(C(=O)NCNC(=O)c1ccc(-c2ccc(C(=O)NC(CC=O)C(=O)O)c(OCC)c2)o1)C(CC)N(C=O)OC.CO.Cc1cccc(OP(O)O)c1C=O. The zero-order chi connectivity index (χ0) is 45.2. The number of unbranched alkanes of at least 4 members (excludes halogenated alkanes) is 2. The number of nitrogens with zero attached hydrogens (tertiary/aromatic N) is 1. The number of amides is 4. The Balaban J connectivity index is 0.00000101. The number of hydroxylamine groups is 2. The van der Waals surface area contributed by atoms with Gasteiger partial charge in [0.2, 0.25) is 12.3 Å². The summed E-state index contributed by atoms with van der Waals surface area (Å²) in [7, 11) is -0.102. The molecular weight excluding hydrogens is 807 g/mol. The van der Waals surface area contributed by atoms with Crippen LogP contribution in [0.1, 0.15) is 96.1 Å². The van der Waals surface area contributed by atoms with E-state index in [-0.39, 0.29) is 47.8 Å². The Morgan fingerprint density at radius 1 is 0.933 bits per heavy atom. The Bertz CT molecular complexity index is 1840. The monoisotopic (exact) mass is 862 g/mol. The number of carbonyl (C=O) groups excluding carboxylic acids is 6. The van der Waals surface area contributed by atoms with Gasteiger partial charge in [0.1, 0.15) is 29.6 Å². The summed E-state index contributed by atoms with van der Waals surface area (Å²) >= 11 is 0. The summed E-state index contributed by atoms with van der Waals surface area (Å²) in [6.07, 6.45) is 4.93. The Labute approximate surface area is 349 Å². The fraction of sp³-hybridized carbons (Fsp3) is 0.425. The molecule has 0 aliphatic carbocycles. The molecule has 0 fully saturated rings. The molecule has 3 rings (SSSR count). The number of benzene rings is 2. The molecule has 3 atom stereocenters.